The van der Waals surface area contributed by atoms with E-state index in [-0.39, 0.29) is 17.5 Å². The van der Waals surface area contributed by atoms with Gasteiger partial charge in [0, 0.05) is 17.6 Å². The summed E-state index contributed by atoms with van der Waals surface area (Å²) in [4.78, 5) is 15.6. The molecule has 1 atom stereocenters. The van der Waals surface area contributed by atoms with Gasteiger partial charge in [0.25, 0.3) is 5.91 Å². The SMILES string of the molecule is Cc1cccc(C)c1C(=O)NC(c1ccccc1)C12CC(CN1C)C2. The molecule has 0 spiro atoms. The van der Waals surface area contributed by atoms with Crippen molar-refractivity contribution in [2.75, 3.05) is 13.6 Å². The van der Waals surface area contributed by atoms with Crippen LogP contribution in [0.4, 0.5) is 0 Å². The van der Waals surface area contributed by atoms with Crippen LogP contribution in [0, 0.1) is 19.8 Å². The molecule has 0 radical (unpaired) electrons. The molecule has 1 aliphatic carbocycles. The molecule has 2 aromatic rings. The predicted molar refractivity (Wildman–Crippen MR) is 101 cm³/mol. The predicted octanol–water partition coefficient (Wildman–Crippen LogP) is 3.87. The highest BCUT2D eigenvalue weighted by atomic mass is 16.1. The van der Waals surface area contributed by atoms with E-state index in [1.54, 1.807) is 0 Å². The second kappa shape index (κ2) is 5.99. The summed E-state index contributed by atoms with van der Waals surface area (Å²) < 4.78 is 0. The summed E-state index contributed by atoms with van der Waals surface area (Å²) in [5, 5.41) is 3.40. The van der Waals surface area contributed by atoms with Crippen molar-refractivity contribution in [3.8, 4) is 0 Å². The van der Waals surface area contributed by atoms with Crippen LogP contribution in [0.25, 0.3) is 0 Å². The zero-order valence-corrected chi connectivity index (χ0v) is 15.3. The molecule has 2 heterocycles. The van der Waals surface area contributed by atoms with Gasteiger partial charge in [0.05, 0.1) is 6.04 Å². The minimum atomic E-state index is 0.0314. The van der Waals surface area contributed by atoms with Crippen LogP contribution in [-0.2, 0) is 0 Å². The van der Waals surface area contributed by atoms with Crippen LogP contribution in [0.1, 0.15) is 45.9 Å². The van der Waals surface area contributed by atoms with Crippen molar-refractivity contribution >= 4 is 5.91 Å². The summed E-state index contributed by atoms with van der Waals surface area (Å²) in [7, 11) is 2.20. The first kappa shape index (κ1) is 16.3. The highest BCUT2D eigenvalue weighted by Gasteiger charge is 2.59. The fraction of sp³-hybridized carbons (Fsp3) is 0.409. The van der Waals surface area contributed by atoms with Gasteiger partial charge in [-0.05, 0) is 56.3 Å². The second-order valence-corrected chi connectivity index (χ2v) is 7.84. The summed E-state index contributed by atoms with van der Waals surface area (Å²) >= 11 is 0. The average Bonchev–Trinajstić information content (AvgIpc) is 3.05. The smallest absolute Gasteiger partial charge is 0.252 e. The Morgan fingerprint density at radius 2 is 1.72 bits per heavy atom. The van der Waals surface area contributed by atoms with Crippen molar-refractivity contribution in [3.05, 3.63) is 70.8 Å². The van der Waals surface area contributed by atoms with E-state index in [0.29, 0.717) is 0 Å². The summed E-state index contributed by atoms with van der Waals surface area (Å²) in [5.74, 6) is 0.830. The van der Waals surface area contributed by atoms with Gasteiger partial charge in [-0.1, -0.05) is 48.5 Å². The number of nitrogens with one attached hydrogen (secondary N) is 1. The number of carbonyl (C=O) groups excluding carboxylic acids is 1. The Morgan fingerprint density at radius 1 is 1.08 bits per heavy atom. The van der Waals surface area contributed by atoms with E-state index < -0.39 is 0 Å². The number of fused-ring (bicyclic) bond motifs is 1. The molecule has 2 aromatic carbocycles. The van der Waals surface area contributed by atoms with E-state index >= 15 is 0 Å². The van der Waals surface area contributed by atoms with Gasteiger partial charge in [-0.2, -0.15) is 0 Å². The molecular formula is C22H26N2O. The number of benzene rings is 2. The lowest BCUT2D eigenvalue weighted by atomic mass is 9.67. The molecule has 2 saturated heterocycles. The fourth-order valence-electron chi connectivity index (χ4n) is 4.96. The first-order valence-electron chi connectivity index (χ1n) is 9.14. The van der Waals surface area contributed by atoms with Crippen molar-refractivity contribution in [3.63, 3.8) is 0 Å². The highest BCUT2D eigenvalue weighted by Crippen LogP contribution is 2.55. The first-order chi connectivity index (χ1) is 12.0. The number of nitrogens with zero attached hydrogens (tertiary/aromatic N) is 1. The third-order valence-electron chi connectivity index (χ3n) is 6.23. The van der Waals surface area contributed by atoms with Crippen molar-refractivity contribution in [1.29, 1.82) is 0 Å². The minimum Gasteiger partial charge on any atom is -0.343 e. The number of aryl methyl sites for hydroxylation is 2. The normalized spacial score (nSPS) is 26.1. The molecule has 0 aromatic heterocycles. The van der Waals surface area contributed by atoms with Crippen molar-refractivity contribution in [1.82, 2.24) is 10.2 Å². The van der Waals surface area contributed by atoms with Gasteiger partial charge >= 0.3 is 0 Å². The number of rotatable bonds is 4. The molecule has 1 amide bonds. The molecule has 1 saturated carbocycles. The van der Waals surface area contributed by atoms with Crippen LogP contribution in [-0.4, -0.2) is 29.9 Å². The van der Waals surface area contributed by atoms with Crippen LogP contribution in [0.3, 0.4) is 0 Å². The minimum absolute atomic E-state index is 0.0314. The van der Waals surface area contributed by atoms with Gasteiger partial charge in [0.15, 0.2) is 0 Å². The molecule has 25 heavy (non-hydrogen) atoms. The summed E-state index contributed by atoms with van der Waals surface area (Å²) in [6, 6.07) is 16.5. The molecule has 5 rings (SSSR count). The molecule has 130 valence electrons. The molecule has 3 nitrogen and oxygen atoms in total. The zero-order chi connectivity index (χ0) is 17.6. The van der Waals surface area contributed by atoms with Crippen molar-refractivity contribution < 1.29 is 4.79 Å². The monoisotopic (exact) mass is 334 g/mol. The van der Waals surface area contributed by atoms with E-state index in [0.717, 1.165) is 29.2 Å². The Morgan fingerprint density at radius 3 is 2.28 bits per heavy atom. The maximum atomic E-state index is 13.2. The van der Waals surface area contributed by atoms with Crippen molar-refractivity contribution in [2.45, 2.75) is 38.3 Å². The van der Waals surface area contributed by atoms with Gasteiger partial charge in [-0.15, -0.1) is 0 Å². The molecule has 3 aliphatic rings. The van der Waals surface area contributed by atoms with Crippen LogP contribution in [0.5, 0.6) is 0 Å². The number of hydrogen-bond donors (Lipinski definition) is 1. The fourth-order valence-corrected chi connectivity index (χ4v) is 4.96. The lowest BCUT2D eigenvalue weighted by Crippen LogP contribution is -2.55. The number of amides is 1. The lowest BCUT2D eigenvalue weighted by molar-refractivity contribution is 0.0644. The Bertz CT molecular complexity index is 773. The van der Waals surface area contributed by atoms with E-state index in [9.17, 15) is 4.79 Å². The Kier molecular flexibility index (Phi) is 3.92. The maximum absolute atomic E-state index is 13.2. The molecule has 1 N–H and O–H groups in total. The third-order valence-corrected chi connectivity index (χ3v) is 6.23. The zero-order valence-electron chi connectivity index (χ0n) is 15.3. The van der Waals surface area contributed by atoms with Crippen LogP contribution in [0.15, 0.2) is 48.5 Å². The third kappa shape index (κ3) is 2.58. The average molecular weight is 334 g/mol. The molecular weight excluding hydrogens is 308 g/mol. The van der Waals surface area contributed by atoms with Crippen LogP contribution in [0.2, 0.25) is 0 Å². The first-order valence-corrected chi connectivity index (χ1v) is 9.14. The number of carbonyl (C=O) groups is 1. The standard InChI is InChI=1S/C22H26N2O/c1-15-8-7-9-16(2)19(15)21(25)23-20(18-10-5-4-6-11-18)22-12-17(13-22)14-24(22)3/h4-11,17,20H,12-14H2,1-3H3,(H,23,25). The van der Waals surface area contributed by atoms with Crippen molar-refractivity contribution in [2.24, 2.45) is 5.92 Å². The maximum Gasteiger partial charge on any atom is 0.252 e. The molecule has 3 heteroatoms. The second-order valence-electron chi connectivity index (χ2n) is 7.84. The Hall–Kier alpha value is -2.13. The lowest BCUT2D eigenvalue weighted by Gasteiger charge is -2.47. The van der Waals surface area contributed by atoms with Crippen LogP contribution < -0.4 is 5.32 Å². The Labute approximate surface area is 150 Å². The molecule has 1 unspecified atom stereocenters. The molecule has 2 bridgehead atoms. The summed E-state index contributed by atoms with van der Waals surface area (Å²) in [5.41, 5.74) is 4.16. The van der Waals surface area contributed by atoms with Gasteiger partial charge in [-0.25, -0.2) is 0 Å². The van der Waals surface area contributed by atoms with Crippen LogP contribution >= 0.6 is 0 Å². The largest absolute Gasteiger partial charge is 0.343 e. The quantitative estimate of drug-likeness (QED) is 0.920. The number of hydrogen-bond acceptors (Lipinski definition) is 2. The Balaban J connectivity index is 1.69. The topological polar surface area (TPSA) is 32.3 Å². The summed E-state index contributed by atoms with van der Waals surface area (Å²) in [6.45, 7) is 5.17. The van der Waals surface area contributed by atoms with Gasteiger partial charge in [-0.3, -0.25) is 9.69 Å². The van der Waals surface area contributed by atoms with E-state index in [4.69, 9.17) is 0 Å². The van der Waals surface area contributed by atoms with E-state index in [1.165, 1.54) is 18.4 Å². The van der Waals surface area contributed by atoms with Gasteiger partial charge < -0.3 is 5.32 Å². The van der Waals surface area contributed by atoms with E-state index in [2.05, 4.69) is 41.5 Å². The van der Waals surface area contributed by atoms with Gasteiger partial charge in [0.1, 0.15) is 0 Å². The molecule has 2 aliphatic heterocycles. The molecule has 3 fully saturated rings. The van der Waals surface area contributed by atoms with Gasteiger partial charge in [0.2, 0.25) is 0 Å². The highest BCUT2D eigenvalue weighted by molar-refractivity contribution is 5.97. The number of likely N-dealkylation sites (N-methyl/N-ethyl adjacent to an activating group) is 1. The van der Waals surface area contributed by atoms with E-state index in [1.807, 2.05) is 38.1 Å². The summed E-state index contributed by atoms with van der Waals surface area (Å²) in [6.07, 6.45) is 2.35.